The second-order valence-electron chi connectivity index (χ2n) is 6.04. The molecular formula is C15H19BrN4O2. The quantitative estimate of drug-likeness (QED) is 0.889. The molecule has 0 spiro atoms. The summed E-state index contributed by atoms with van der Waals surface area (Å²) >= 11 is 3.26. The first-order valence-electron chi connectivity index (χ1n) is 6.97. The summed E-state index contributed by atoms with van der Waals surface area (Å²) in [7, 11) is 0. The normalized spacial score (nSPS) is 15.9. The molecule has 118 valence electrons. The van der Waals surface area contributed by atoms with Crippen molar-refractivity contribution in [3.63, 3.8) is 0 Å². The number of hydrogen-bond acceptors (Lipinski definition) is 5. The summed E-state index contributed by atoms with van der Waals surface area (Å²) in [6.07, 6.45) is 5.30. The van der Waals surface area contributed by atoms with Crippen LogP contribution < -0.4 is 5.32 Å². The summed E-state index contributed by atoms with van der Waals surface area (Å²) in [6.45, 7) is 7.37. The zero-order valence-electron chi connectivity index (χ0n) is 13.1. The molecule has 0 bridgehead atoms. The summed E-state index contributed by atoms with van der Waals surface area (Å²) in [6, 6.07) is -0.202. The van der Waals surface area contributed by atoms with Crippen LogP contribution in [0.25, 0.3) is 5.57 Å². The topological polar surface area (TPSA) is 76.5 Å². The molecule has 0 aromatic carbocycles. The average molecular weight is 367 g/mol. The minimum Gasteiger partial charge on any atom is -0.444 e. The molecule has 0 unspecified atom stereocenters. The number of aliphatic imine (C=N–C) groups is 1. The van der Waals surface area contributed by atoms with Crippen LogP contribution in [0.4, 0.5) is 4.79 Å². The zero-order chi connectivity index (χ0) is 16.3. The number of carbonyl (C=O) groups excluding carboxylic acids is 1. The van der Waals surface area contributed by atoms with Gasteiger partial charge in [-0.15, -0.1) is 0 Å². The van der Waals surface area contributed by atoms with Crippen molar-refractivity contribution in [1.82, 2.24) is 15.3 Å². The van der Waals surface area contributed by atoms with Gasteiger partial charge in [-0.25, -0.2) is 9.78 Å². The molecule has 0 saturated heterocycles. The zero-order valence-corrected chi connectivity index (χ0v) is 14.6. The van der Waals surface area contributed by atoms with E-state index in [1.807, 2.05) is 27.7 Å². The van der Waals surface area contributed by atoms with Crippen molar-refractivity contribution in [2.75, 3.05) is 0 Å². The maximum absolute atomic E-state index is 11.8. The smallest absolute Gasteiger partial charge is 0.408 e. The molecule has 2 rings (SSSR count). The highest BCUT2D eigenvalue weighted by Gasteiger charge is 2.23. The van der Waals surface area contributed by atoms with E-state index in [9.17, 15) is 4.79 Å². The van der Waals surface area contributed by atoms with E-state index in [4.69, 9.17) is 4.74 Å². The molecule has 7 heteroatoms. The lowest BCUT2D eigenvalue weighted by molar-refractivity contribution is 0.0521. The average Bonchev–Trinajstić information content (AvgIpc) is 2.86. The van der Waals surface area contributed by atoms with Gasteiger partial charge in [0.15, 0.2) is 0 Å². The Morgan fingerprint density at radius 3 is 2.68 bits per heavy atom. The largest absolute Gasteiger partial charge is 0.444 e. The Labute approximate surface area is 138 Å². The van der Waals surface area contributed by atoms with Crippen molar-refractivity contribution in [3.8, 4) is 0 Å². The van der Waals surface area contributed by atoms with E-state index < -0.39 is 11.7 Å². The summed E-state index contributed by atoms with van der Waals surface area (Å²) in [5, 5.41) is 2.79. The van der Waals surface area contributed by atoms with Gasteiger partial charge in [0.2, 0.25) is 0 Å². The predicted octanol–water partition coefficient (Wildman–Crippen LogP) is 3.34. The third kappa shape index (κ3) is 4.62. The molecule has 0 fully saturated rings. The SMILES string of the molecule is C[C@H](NC(=O)OC(C)(C)C)C1=NC=C(c2cnc(Br)cn2)C1. The van der Waals surface area contributed by atoms with Crippen LogP contribution in [0.3, 0.4) is 0 Å². The van der Waals surface area contributed by atoms with Gasteiger partial charge in [-0.3, -0.25) is 9.98 Å². The standard InChI is InChI=1S/C15H19BrN4O2/c1-9(20-14(21)22-15(2,3)4)11-5-10(6-17-11)12-7-19-13(16)8-18-12/h6-9H,5H2,1-4H3,(H,20,21)/t9-/m0/s1. The molecule has 1 amide bonds. The third-order valence-corrected chi connectivity index (χ3v) is 3.35. The lowest BCUT2D eigenvalue weighted by Gasteiger charge is -2.22. The predicted molar refractivity (Wildman–Crippen MR) is 88.6 cm³/mol. The van der Waals surface area contributed by atoms with Crippen LogP contribution in [0.2, 0.25) is 0 Å². The molecule has 0 saturated carbocycles. The lowest BCUT2D eigenvalue weighted by atomic mass is 10.1. The minimum atomic E-state index is -0.516. The molecular weight excluding hydrogens is 348 g/mol. The Kier molecular flexibility index (Phi) is 4.95. The molecule has 1 atom stereocenters. The lowest BCUT2D eigenvalue weighted by Crippen LogP contribution is -2.41. The van der Waals surface area contributed by atoms with E-state index in [1.165, 1.54) is 0 Å². The van der Waals surface area contributed by atoms with Crippen LogP contribution >= 0.6 is 15.9 Å². The van der Waals surface area contributed by atoms with Gasteiger partial charge in [0.25, 0.3) is 0 Å². The van der Waals surface area contributed by atoms with Crippen molar-refractivity contribution < 1.29 is 9.53 Å². The summed E-state index contributed by atoms with van der Waals surface area (Å²) in [4.78, 5) is 24.6. The maximum Gasteiger partial charge on any atom is 0.408 e. The summed E-state index contributed by atoms with van der Waals surface area (Å²) < 4.78 is 5.93. The van der Waals surface area contributed by atoms with Crippen molar-refractivity contribution in [2.24, 2.45) is 4.99 Å². The van der Waals surface area contributed by atoms with Gasteiger partial charge < -0.3 is 10.1 Å². The molecule has 6 nitrogen and oxygen atoms in total. The fourth-order valence-electron chi connectivity index (χ4n) is 1.91. The molecule has 1 aliphatic heterocycles. The van der Waals surface area contributed by atoms with Gasteiger partial charge in [-0.1, -0.05) is 0 Å². The molecule has 1 N–H and O–H groups in total. The fraction of sp³-hybridized carbons (Fsp3) is 0.467. The number of nitrogens with zero attached hydrogens (tertiary/aromatic N) is 3. The third-order valence-electron chi connectivity index (χ3n) is 2.94. The number of alkyl carbamates (subject to hydrolysis) is 1. The number of amides is 1. The highest BCUT2D eigenvalue weighted by Crippen LogP contribution is 2.23. The van der Waals surface area contributed by atoms with Gasteiger partial charge in [0.1, 0.15) is 10.2 Å². The van der Waals surface area contributed by atoms with Gasteiger partial charge in [0, 0.05) is 23.9 Å². The minimum absolute atomic E-state index is 0.202. The van der Waals surface area contributed by atoms with Crippen LogP contribution in [0.5, 0.6) is 0 Å². The number of allylic oxidation sites excluding steroid dienone is 1. The number of nitrogens with one attached hydrogen (secondary N) is 1. The Bertz CT molecular complexity index is 617. The second-order valence-corrected chi connectivity index (χ2v) is 6.86. The van der Waals surface area contributed by atoms with E-state index in [2.05, 4.69) is 36.2 Å². The van der Waals surface area contributed by atoms with E-state index in [0.29, 0.717) is 11.0 Å². The van der Waals surface area contributed by atoms with E-state index >= 15 is 0 Å². The first-order chi connectivity index (χ1) is 10.2. The van der Waals surface area contributed by atoms with E-state index in [1.54, 1.807) is 18.6 Å². The molecule has 1 aromatic rings. The molecule has 22 heavy (non-hydrogen) atoms. The Balaban J connectivity index is 1.91. The Hall–Kier alpha value is -1.76. The van der Waals surface area contributed by atoms with Gasteiger partial charge in [-0.05, 0) is 43.6 Å². The first kappa shape index (κ1) is 16.6. The molecule has 1 aromatic heterocycles. The van der Waals surface area contributed by atoms with E-state index in [-0.39, 0.29) is 6.04 Å². The fourth-order valence-corrected chi connectivity index (χ4v) is 2.12. The first-order valence-corrected chi connectivity index (χ1v) is 7.77. The summed E-state index contributed by atoms with van der Waals surface area (Å²) in [5.41, 5.74) is 2.11. The number of ether oxygens (including phenoxy) is 1. The molecule has 1 aliphatic rings. The van der Waals surface area contributed by atoms with Gasteiger partial charge in [-0.2, -0.15) is 0 Å². The van der Waals surface area contributed by atoms with Crippen molar-refractivity contribution in [1.29, 1.82) is 0 Å². The van der Waals surface area contributed by atoms with Crippen LogP contribution in [0.1, 0.15) is 39.8 Å². The van der Waals surface area contributed by atoms with Gasteiger partial charge >= 0.3 is 6.09 Å². The number of aromatic nitrogens is 2. The van der Waals surface area contributed by atoms with Crippen LogP contribution in [0.15, 0.2) is 28.2 Å². The molecule has 0 radical (unpaired) electrons. The van der Waals surface area contributed by atoms with Crippen LogP contribution in [-0.4, -0.2) is 33.4 Å². The number of halogens is 1. The van der Waals surface area contributed by atoms with Crippen molar-refractivity contribution >= 4 is 33.3 Å². The molecule has 0 aliphatic carbocycles. The number of rotatable bonds is 3. The van der Waals surface area contributed by atoms with Crippen LogP contribution in [0, 0.1) is 0 Å². The monoisotopic (exact) mass is 366 g/mol. The molecule has 2 heterocycles. The maximum atomic E-state index is 11.8. The van der Waals surface area contributed by atoms with Crippen molar-refractivity contribution in [2.45, 2.75) is 45.8 Å². The summed E-state index contributed by atoms with van der Waals surface area (Å²) in [5.74, 6) is 0. The van der Waals surface area contributed by atoms with Gasteiger partial charge in [0.05, 0.1) is 24.1 Å². The second kappa shape index (κ2) is 6.56. The highest BCUT2D eigenvalue weighted by molar-refractivity contribution is 9.10. The number of carbonyl (C=O) groups is 1. The van der Waals surface area contributed by atoms with Crippen LogP contribution in [-0.2, 0) is 4.74 Å². The Morgan fingerprint density at radius 2 is 2.09 bits per heavy atom. The van der Waals surface area contributed by atoms with E-state index in [0.717, 1.165) is 17.0 Å². The van der Waals surface area contributed by atoms with Crippen molar-refractivity contribution in [3.05, 3.63) is 28.9 Å². The number of hydrogen-bond donors (Lipinski definition) is 1. The highest BCUT2D eigenvalue weighted by atomic mass is 79.9. The Morgan fingerprint density at radius 1 is 1.36 bits per heavy atom.